The van der Waals surface area contributed by atoms with Crippen LogP contribution in [0.3, 0.4) is 0 Å². The molecule has 23 valence electrons. The molecule has 0 atom stereocenters. The van der Waals surface area contributed by atoms with Gasteiger partial charge in [0, 0.05) is 80.0 Å². The van der Waals surface area contributed by atoms with Crippen LogP contribution in [0.5, 0.6) is 0 Å². The van der Waals surface area contributed by atoms with Crippen LogP contribution in [0.1, 0.15) is 0 Å². The van der Waals surface area contributed by atoms with Crippen molar-refractivity contribution in [3.63, 3.8) is 0 Å². The number of rotatable bonds is 0. The molecule has 0 rings (SSSR count). The Hall–Kier alpha value is 2.55. The van der Waals surface area contributed by atoms with E-state index in [4.69, 9.17) is 0 Å². The predicted octanol–water partition coefficient (Wildman–Crippen LogP) is -0.0100. The molecule has 4 heavy (non-hydrogen) atoms. The summed E-state index contributed by atoms with van der Waals surface area (Å²) in [4.78, 5) is 0. The quantitative estimate of drug-likeness (QED) is 0.552. The molecule has 0 heterocycles. The molecule has 0 saturated heterocycles. The van der Waals surface area contributed by atoms with Crippen LogP contribution in [0, 0.1) is 0 Å². The Morgan fingerprint density at radius 2 is 1.00 bits per heavy atom. The van der Waals surface area contributed by atoms with Crippen molar-refractivity contribution in [2.24, 2.45) is 0 Å². The fourth-order valence-electron chi connectivity index (χ4n) is 0. The molecule has 0 N–H and O–H groups in total. The van der Waals surface area contributed by atoms with Crippen molar-refractivity contribution in [2.75, 3.05) is 0 Å². The van der Waals surface area contributed by atoms with Crippen molar-refractivity contribution in [2.45, 2.75) is 0 Å². The Balaban J connectivity index is 0. The Morgan fingerprint density at radius 1 is 1.00 bits per heavy atom. The largest absolute Gasteiger partial charge is 0 e. The Labute approximate surface area is 78.9 Å². The smallest absolute Gasteiger partial charge is 0 e. The third-order valence-electron chi connectivity index (χ3n) is 0. The van der Waals surface area contributed by atoms with Crippen molar-refractivity contribution >= 4 is 0 Å². The molecular weight excluding hydrogens is 295 g/mol. The summed E-state index contributed by atoms with van der Waals surface area (Å²) in [5.74, 6) is 0. The summed E-state index contributed by atoms with van der Waals surface area (Å²) in [7, 11) is 0. The summed E-state index contributed by atoms with van der Waals surface area (Å²) < 4.78 is 0. The van der Waals surface area contributed by atoms with E-state index in [2.05, 4.69) is 0 Å². The number of hydrogen-bond acceptors (Lipinski definition) is 0. The van der Waals surface area contributed by atoms with Gasteiger partial charge in [0.1, 0.15) is 0 Å². The zero-order valence-electron chi connectivity index (χ0n) is 2.06. The first-order chi connectivity index (χ1) is 0. The number of hydrogen-bond donors (Lipinski definition) is 0. The van der Waals surface area contributed by atoms with E-state index in [0.717, 1.165) is 0 Å². The molecule has 0 nitrogen and oxygen atoms in total. The van der Waals surface area contributed by atoms with Gasteiger partial charge in [0.25, 0.3) is 0 Å². The van der Waals surface area contributed by atoms with Gasteiger partial charge in [-0.3, -0.25) is 0 Å². The molecule has 4 heteroatoms. The molecule has 0 saturated carbocycles. The SMILES string of the molecule is [Cd].[Co].[Ni].[Zn]. The Bertz CT molecular complexity index is 8.00. The molecule has 0 aliphatic heterocycles. The van der Waals surface area contributed by atoms with Crippen LogP contribution in [0.2, 0.25) is 0 Å². The van der Waals surface area contributed by atoms with Gasteiger partial charge in [-0.1, -0.05) is 0 Å². The maximum absolute atomic E-state index is 0. The van der Waals surface area contributed by atoms with Gasteiger partial charge in [-0.25, -0.2) is 0 Å². The van der Waals surface area contributed by atoms with Crippen LogP contribution in [-0.2, 0) is 80.0 Å². The molecule has 1 radical (unpaired) electrons. The maximum Gasteiger partial charge on any atom is 0 e. The molecule has 0 bridgehead atoms. The monoisotopic (exact) mass is 295 g/mol. The van der Waals surface area contributed by atoms with E-state index in [-0.39, 0.29) is 80.0 Å². The van der Waals surface area contributed by atoms with E-state index in [0.29, 0.717) is 0 Å². The fraction of sp³-hybridized carbons (Fsp3) is 0. The van der Waals surface area contributed by atoms with E-state index >= 15 is 0 Å². The second-order valence-electron chi connectivity index (χ2n) is 0. The first-order valence-electron chi connectivity index (χ1n) is 0. The summed E-state index contributed by atoms with van der Waals surface area (Å²) >= 11 is 0. The first kappa shape index (κ1) is 31.1. The molecule has 0 aliphatic carbocycles. The van der Waals surface area contributed by atoms with Crippen molar-refractivity contribution in [3.8, 4) is 0 Å². The summed E-state index contributed by atoms with van der Waals surface area (Å²) in [6.07, 6.45) is 0. The topological polar surface area (TPSA) is 0 Å². The van der Waals surface area contributed by atoms with Crippen LogP contribution in [-0.4, -0.2) is 0 Å². The third kappa shape index (κ3) is 8.82. The van der Waals surface area contributed by atoms with Crippen LogP contribution < -0.4 is 0 Å². The maximum atomic E-state index is 0. The van der Waals surface area contributed by atoms with Crippen molar-refractivity contribution in [3.05, 3.63) is 0 Å². The van der Waals surface area contributed by atoms with E-state index in [1.54, 1.807) is 0 Å². The minimum Gasteiger partial charge on any atom is 0 e. The molecule has 0 aromatic carbocycles. The van der Waals surface area contributed by atoms with Crippen LogP contribution in [0.4, 0.5) is 0 Å². The van der Waals surface area contributed by atoms with E-state index in [9.17, 15) is 0 Å². The van der Waals surface area contributed by atoms with Gasteiger partial charge >= 0.3 is 0 Å². The first-order valence-corrected chi connectivity index (χ1v) is 0. The molecule has 0 unspecified atom stereocenters. The zero-order valence-corrected chi connectivity index (χ0v) is 11.1. The molecule has 0 fully saturated rings. The van der Waals surface area contributed by atoms with E-state index in [1.807, 2.05) is 0 Å². The molecule has 0 spiro atoms. The van der Waals surface area contributed by atoms with Gasteiger partial charge in [-0.15, -0.1) is 0 Å². The third-order valence-corrected chi connectivity index (χ3v) is 0. The summed E-state index contributed by atoms with van der Waals surface area (Å²) in [5.41, 5.74) is 0. The molecule has 0 amide bonds. The van der Waals surface area contributed by atoms with Crippen LogP contribution in [0.25, 0.3) is 0 Å². The van der Waals surface area contributed by atoms with Crippen LogP contribution in [0.15, 0.2) is 0 Å². The van der Waals surface area contributed by atoms with Gasteiger partial charge in [0.2, 0.25) is 0 Å². The Morgan fingerprint density at radius 3 is 1.00 bits per heavy atom. The molecule has 0 aromatic heterocycles. The van der Waals surface area contributed by atoms with Gasteiger partial charge < -0.3 is 0 Å². The fourth-order valence-corrected chi connectivity index (χ4v) is 0. The minimum atomic E-state index is 0. The van der Waals surface area contributed by atoms with Gasteiger partial charge in [-0.2, -0.15) is 0 Å². The standard InChI is InChI=1S/Cd.Co.Ni.Zn. The van der Waals surface area contributed by atoms with Crippen molar-refractivity contribution in [1.82, 2.24) is 0 Å². The second kappa shape index (κ2) is 17.7. The Kier molecular flexibility index (Phi) is 137. The molecule has 0 aliphatic rings. The average Bonchev–Trinajstić information content (AvgIpc) is 0. The molecule has 0 aromatic rings. The van der Waals surface area contributed by atoms with Crippen molar-refractivity contribution < 1.29 is 80.0 Å². The molecular formula is CdCoNiZn. The normalized spacial score (nSPS) is 0. The minimum absolute atomic E-state index is 0. The summed E-state index contributed by atoms with van der Waals surface area (Å²) in [5, 5.41) is 0. The average molecular weight is 295 g/mol. The van der Waals surface area contributed by atoms with Crippen LogP contribution >= 0.6 is 0 Å². The van der Waals surface area contributed by atoms with Gasteiger partial charge in [-0.05, 0) is 0 Å². The summed E-state index contributed by atoms with van der Waals surface area (Å²) in [6.45, 7) is 0. The van der Waals surface area contributed by atoms with E-state index < -0.39 is 0 Å². The zero-order chi connectivity index (χ0) is 0. The van der Waals surface area contributed by atoms with Crippen molar-refractivity contribution in [1.29, 1.82) is 0 Å². The van der Waals surface area contributed by atoms with Gasteiger partial charge in [0.15, 0.2) is 0 Å². The second-order valence-corrected chi connectivity index (χ2v) is 0. The van der Waals surface area contributed by atoms with Gasteiger partial charge in [0.05, 0.1) is 0 Å². The predicted molar refractivity (Wildman–Crippen MR) is 0 cm³/mol. The van der Waals surface area contributed by atoms with E-state index in [1.165, 1.54) is 0 Å². The summed E-state index contributed by atoms with van der Waals surface area (Å²) in [6, 6.07) is 0.